The number of aldehydes is 1. The Hall–Kier alpha value is -2.16. The Kier molecular flexibility index (Phi) is 7.38. The molecule has 0 radical (unpaired) electrons. The van der Waals surface area contributed by atoms with Crippen molar-refractivity contribution in [2.45, 2.75) is 31.7 Å². The van der Waals surface area contributed by atoms with Crippen molar-refractivity contribution in [1.29, 1.82) is 0 Å². The lowest BCUT2D eigenvalue weighted by Crippen LogP contribution is -2.36. The second-order valence-electron chi connectivity index (χ2n) is 5.87. The lowest BCUT2D eigenvalue weighted by molar-refractivity contribution is -0.385. The van der Waals surface area contributed by atoms with Gasteiger partial charge in [0.25, 0.3) is 11.6 Å². The number of nitrogens with zero attached hydrogens (tertiary/aromatic N) is 2. The van der Waals surface area contributed by atoms with Gasteiger partial charge < -0.3 is 19.2 Å². The number of carbonyl (C=O) groups is 2. The summed E-state index contributed by atoms with van der Waals surface area (Å²) in [6, 6.07) is 1.99. The molecule has 8 nitrogen and oxygen atoms in total. The highest BCUT2D eigenvalue weighted by molar-refractivity contribution is 9.09. The first-order valence-corrected chi connectivity index (χ1v) is 9.47. The summed E-state index contributed by atoms with van der Waals surface area (Å²) in [4.78, 5) is 36.2. The van der Waals surface area contributed by atoms with Crippen molar-refractivity contribution in [3.8, 4) is 11.5 Å². The fraction of sp³-hybridized carbons (Fsp3) is 0.529. The topological polar surface area (TPSA) is 99.0 Å². The van der Waals surface area contributed by atoms with Gasteiger partial charge >= 0.3 is 0 Å². The van der Waals surface area contributed by atoms with Crippen molar-refractivity contribution in [1.82, 2.24) is 4.90 Å². The lowest BCUT2D eigenvalue weighted by atomic mass is 10.1. The van der Waals surface area contributed by atoms with Crippen molar-refractivity contribution in [2.75, 3.05) is 25.6 Å². The van der Waals surface area contributed by atoms with E-state index in [1.54, 1.807) is 0 Å². The zero-order chi connectivity index (χ0) is 19.1. The number of alkyl halides is 1. The SMILES string of the molecule is COc1cc(C(=O)N2CCC[C@H]2C=O)c([N+](=O)[O-])cc1OCCCCBr. The third-order valence-corrected chi connectivity index (χ3v) is 4.77. The highest BCUT2D eigenvalue weighted by Crippen LogP contribution is 2.36. The van der Waals surface area contributed by atoms with E-state index in [4.69, 9.17) is 9.47 Å². The number of hydrogen-bond donors (Lipinski definition) is 0. The molecule has 1 heterocycles. The number of nitro groups is 1. The molecule has 0 aliphatic carbocycles. The molecule has 1 aromatic carbocycles. The normalized spacial score (nSPS) is 16.4. The average Bonchev–Trinajstić information content (AvgIpc) is 3.12. The Labute approximate surface area is 159 Å². The maximum absolute atomic E-state index is 12.8. The molecule has 1 amide bonds. The molecule has 0 bridgehead atoms. The first kappa shape index (κ1) is 20.2. The predicted molar refractivity (Wildman–Crippen MR) is 98.3 cm³/mol. The van der Waals surface area contributed by atoms with E-state index in [9.17, 15) is 19.7 Å². The highest BCUT2D eigenvalue weighted by atomic mass is 79.9. The number of nitro benzene ring substituents is 1. The van der Waals surface area contributed by atoms with Crippen molar-refractivity contribution in [2.24, 2.45) is 0 Å². The number of ether oxygens (including phenoxy) is 2. The van der Waals surface area contributed by atoms with Crippen LogP contribution in [0.25, 0.3) is 0 Å². The van der Waals surface area contributed by atoms with E-state index in [1.807, 2.05) is 0 Å². The smallest absolute Gasteiger partial charge is 0.286 e. The quantitative estimate of drug-likeness (QED) is 0.197. The molecule has 0 spiro atoms. The van der Waals surface area contributed by atoms with Gasteiger partial charge in [0.2, 0.25) is 0 Å². The molecule has 0 aromatic heterocycles. The van der Waals surface area contributed by atoms with Crippen LogP contribution in [-0.2, 0) is 4.79 Å². The monoisotopic (exact) mass is 428 g/mol. The third-order valence-electron chi connectivity index (χ3n) is 4.21. The summed E-state index contributed by atoms with van der Waals surface area (Å²) in [5.74, 6) is -0.0752. The number of likely N-dealkylation sites (tertiary alicyclic amines) is 1. The van der Waals surface area contributed by atoms with Crippen molar-refractivity contribution < 1.29 is 24.0 Å². The van der Waals surface area contributed by atoms with Gasteiger partial charge in [-0.2, -0.15) is 0 Å². The first-order chi connectivity index (χ1) is 12.5. The highest BCUT2D eigenvalue weighted by Gasteiger charge is 2.34. The number of benzene rings is 1. The van der Waals surface area contributed by atoms with Crippen LogP contribution in [-0.4, -0.2) is 53.6 Å². The lowest BCUT2D eigenvalue weighted by Gasteiger charge is -2.21. The maximum Gasteiger partial charge on any atom is 0.286 e. The predicted octanol–water partition coefficient (Wildman–Crippen LogP) is 2.96. The van der Waals surface area contributed by atoms with Gasteiger partial charge in [-0.15, -0.1) is 0 Å². The van der Waals surface area contributed by atoms with Crippen LogP contribution in [0.4, 0.5) is 5.69 Å². The molecule has 142 valence electrons. The van der Waals surface area contributed by atoms with Crippen molar-refractivity contribution in [3.05, 3.63) is 27.8 Å². The molecular weight excluding hydrogens is 408 g/mol. The third kappa shape index (κ3) is 4.51. The number of unbranched alkanes of at least 4 members (excludes halogenated alkanes) is 1. The number of halogens is 1. The van der Waals surface area contributed by atoms with Crippen LogP contribution in [0.5, 0.6) is 11.5 Å². The van der Waals surface area contributed by atoms with E-state index in [2.05, 4.69) is 15.9 Å². The van der Waals surface area contributed by atoms with Crippen LogP contribution >= 0.6 is 15.9 Å². The molecule has 2 rings (SSSR count). The molecular formula is C17H21BrN2O6. The first-order valence-electron chi connectivity index (χ1n) is 8.35. The summed E-state index contributed by atoms with van der Waals surface area (Å²) in [5.41, 5.74) is -0.462. The molecule has 1 fully saturated rings. The summed E-state index contributed by atoms with van der Waals surface area (Å²) < 4.78 is 10.8. The van der Waals surface area contributed by atoms with Crippen molar-refractivity contribution >= 4 is 33.8 Å². The zero-order valence-electron chi connectivity index (χ0n) is 14.5. The fourth-order valence-electron chi connectivity index (χ4n) is 2.86. The molecule has 1 aromatic rings. The van der Waals surface area contributed by atoms with Gasteiger partial charge in [0.15, 0.2) is 11.5 Å². The van der Waals surface area contributed by atoms with Gasteiger partial charge in [0.1, 0.15) is 11.8 Å². The van der Waals surface area contributed by atoms with Gasteiger partial charge in [-0.25, -0.2) is 0 Å². The summed E-state index contributed by atoms with van der Waals surface area (Å²) >= 11 is 3.33. The van der Waals surface area contributed by atoms with Crippen molar-refractivity contribution in [3.63, 3.8) is 0 Å². The Morgan fingerprint density at radius 3 is 2.81 bits per heavy atom. The Bertz CT molecular complexity index is 681. The van der Waals surface area contributed by atoms with Crippen LogP contribution < -0.4 is 9.47 Å². The van der Waals surface area contributed by atoms with E-state index in [0.717, 1.165) is 18.2 Å². The van der Waals surface area contributed by atoms with Gasteiger partial charge in [-0.3, -0.25) is 14.9 Å². The summed E-state index contributed by atoms with van der Waals surface area (Å²) in [5, 5.41) is 12.3. The minimum atomic E-state index is -0.621. The molecule has 1 aliphatic heterocycles. The van der Waals surface area contributed by atoms with Crippen LogP contribution in [0, 0.1) is 10.1 Å². The molecule has 1 atom stereocenters. The largest absolute Gasteiger partial charge is 0.493 e. The van der Waals surface area contributed by atoms with Crippen LogP contribution in [0.15, 0.2) is 12.1 Å². The Morgan fingerprint density at radius 1 is 1.42 bits per heavy atom. The molecule has 1 saturated heterocycles. The van der Waals surface area contributed by atoms with E-state index in [1.165, 1.54) is 24.1 Å². The van der Waals surface area contributed by atoms with Gasteiger partial charge in [-0.05, 0) is 25.7 Å². The van der Waals surface area contributed by atoms with Gasteiger partial charge in [0, 0.05) is 17.9 Å². The van der Waals surface area contributed by atoms with E-state index in [0.29, 0.717) is 32.3 Å². The second kappa shape index (κ2) is 9.51. The van der Waals surface area contributed by atoms with E-state index >= 15 is 0 Å². The summed E-state index contributed by atoms with van der Waals surface area (Å²) in [6.07, 6.45) is 3.64. The Morgan fingerprint density at radius 2 is 2.19 bits per heavy atom. The van der Waals surface area contributed by atoms with Crippen LogP contribution in [0.1, 0.15) is 36.0 Å². The molecule has 26 heavy (non-hydrogen) atoms. The van der Waals surface area contributed by atoms with Gasteiger partial charge in [0.05, 0.1) is 30.7 Å². The average molecular weight is 429 g/mol. The molecule has 0 saturated carbocycles. The number of carbonyl (C=O) groups excluding carboxylic acids is 2. The van der Waals surface area contributed by atoms with E-state index in [-0.39, 0.29) is 22.7 Å². The van der Waals surface area contributed by atoms with E-state index < -0.39 is 16.9 Å². The number of methoxy groups -OCH3 is 1. The maximum atomic E-state index is 12.8. The summed E-state index contributed by atoms with van der Waals surface area (Å²) in [7, 11) is 1.41. The molecule has 0 N–H and O–H groups in total. The second-order valence-corrected chi connectivity index (χ2v) is 6.66. The minimum absolute atomic E-state index is 0.103. The summed E-state index contributed by atoms with van der Waals surface area (Å²) in [6.45, 7) is 0.776. The molecule has 0 unspecified atom stereocenters. The number of hydrogen-bond acceptors (Lipinski definition) is 6. The fourth-order valence-corrected chi connectivity index (χ4v) is 3.26. The van der Waals surface area contributed by atoms with Crippen LogP contribution in [0.2, 0.25) is 0 Å². The zero-order valence-corrected chi connectivity index (χ0v) is 16.1. The van der Waals surface area contributed by atoms with Gasteiger partial charge in [-0.1, -0.05) is 15.9 Å². The van der Waals surface area contributed by atoms with Crippen LogP contribution in [0.3, 0.4) is 0 Å². The Balaban J connectivity index is 2.34. The molecule has 9 heteroatoms. The minimum Gasteiger partial charge on any atom is -0.493 e. The number of rotatable bonds is 9. The standard InChI is InChI=1S/C17H21BrN2O6/c1-25-15-9-13(17(22)19-7-4-5-12(19)11-21)14(20(23)24)10-16(15)26-8-3-2-6-18/h9-12H,2-8H2,1H3/t12-/m0/s1. The molecule has 1 aliphatic rings. The number of amides is 1.